The van der Waals surface area contributed by atoms with Crippen LogP contribution in [0.25, 0.3) is 17.0 Å². The monoisotopic (exact) mass is 416 g/mol. The lowest BCUT2D eigenvalue weighted by Gasteiger charge is -2.12. The molecule has 6 heteroatoms. The molecule has 0 aliphatic rings. The van der Waals surface area contributed by atoms with E-state index in [1.54, 1.807) is 45.6 Å². The summed E-state index contributed by atoms with van der Waals surface area (Å²) in [6, 6.07) is 10.8. The van der Waals surface area contributed by atoms with Gasteiger partial charge in [0.2, 0.25) is 11.5 Å². The molecule has 0 N–H and O–H groups in total. The zero-order valence-electron chi connectivity index (χ0n) is 14.5. The molecule has 0 aliphatic heterocycles. The van der Waals surface area contributed by atoms with Crippen LogP contribution < -0.4 is 14.2 Å². The minimum Gasteiger partial charge on any atom is -0.493 e. The first-order valence-electron chi connectivity index (χ1n) is 7.77. The molecule has 1 heterocycles. The van der Waals surface area contributed by atoms with Gasteiger partial charge < -0.3 is 18.6 Å². The first-order valence-corrected chi connectivity index (χ1v) is 8.56. The number of allylic oxidation sites excluding steroid dienone is 1. The van der Waals surface area contributed by atoms with Gasteiger partial charge in [-0.3, -0.25) is 4.79 Å². The van der Waals surface area contributed by atoms with Crippen LogP contribution in [0.2, 0.25) is 0 Å². The minimum atomic E-state index is -0.230. The second kappa shape index (κ2) is 7.66. The number of furan rings is 1. The largest absolute Gasteiger partial charge is 0.493 e. The molecule has 134 valence electrons. The summed E-state index contributed by atoms with van der Waals surface area (Å²) in [5.74, 6) is 1.59. The van der Waals surface area contributed by atoms with Crippen molar-refractivity contribution in [2.45, 2.75) is 0 Å². The van der Waals surface area contributed by atoms with Gasteiger partial charge in [-0.15, -0.1) is 0 Å². The molecule has 0 spiro atoms. The number of carbonyl (C=O) groups is 1. The van der Waals surface area contributed by atoms with Crippen LogP contribution >= 0.6 is 15.9 Å². The number of fused-ring (bicyclic) bond motifs is 1. The van der Waals surface area contributed by atoms with Crippen molar-refractivity contribution < 1.29 is 23.4 Å². The van der Waals surface area contributed by atoms with Crippen molar-refractivity contribution in [1.29, 1.82) is 0 Å². The van der Waals surface area contributed by atoms with Gasteiger partial charge in [-0.2, -0.15) is 0 Å². The lowest BCUT2D eigenvalue weighted by Crippen LogP contribution is -1.96. The quantitative estimate of drug-likeness (QED) is 0.412. The van der Waals surface area contributed by atoms with Crippen molar-refractivity contribution in [3.05, 3.63) is 58.3 Å². The van der Waals surface area contributed by atoms with Crippen LogP contribution in [0.15, 0.2) is 51.4 Å². The number of ketones is 1. The highest BCUT2D eigenvalue weighted by molar-refractivity contribution is 9.10. The molecule has 1 aromatic heterocycles. The normalized spacial score (nSPS) is 11.1. The van der Waals surface area contributed by atoms with Crippen LogP contribution in [0.5, 0.6) is 17.2 Å². The fourth-order valence-electron chi connectivity index (χ4n) is 2.59. The third-order valence-electron chi connectivity index (χ3n) is 3.84. The zero-order valence-corrected chi connectivity index (χ0v) is 16.1. The average Bonchev–Trinajstić information content (AvgIpc) is 3.08. The second-order valence-corrected chi connectivity index (χ2v) is 6.36. The zero-order chi connectivity index (χ0) is 18.7. The van der Waals surface area contributed by atoms with Gasteiger partial charge in [-0.25, -0.2) is 0 Å². The van der Waals surface area contributed by atoms with Crippen molar-refractivity contribution in [3.8, 4) is 17.2 Å². The van der Waals surface area contributed by atoms with Gasteiger partial charge in [0, 0.05) is 9.86 Å². The number of hydrogen-bond donors (Lipinski definition) is 0. The molecule has 0 fully saturated rings. The summed E-state index contributed by atoms with van der Waals surface area (Å²) in [5, 5.41) is 0.865. The molecular formula is C20H17BrO5. The number of rotatable bonds is 6. The summed E-state index contributed by atoms with van der Waals surface area (Å²) < 4.78 is 22.5. The molecule has 0 unspecified atom stereocenters. The van der Waals surface area contributed by atoms with Crippen molar-refractivity contribution in [2.24, 2.45) is 0 Å². The highest BCUT2D eigenvalue weighted by atomic mass is 79.9. The van der Waals surface area contributed by atoms with E-state index in [1.165, 1.54) is 6.08 Å². The van der Waals surface area contributed by atoms with Gasteiger partial charge in [0.15, 0.2) is 17.3 Å². The van der Waals surface area contributed by atoms with Crippen LogP contribution in [0.4, 0.5) is 0 Å². The van der Waals surface area contributed by atoms with Crippen LogP contribution in [0.1, 0.15) is 16.1 Å². The van der Waals surface area contributed by atoms with E-state index in [0.717, 1.165) is 15.4 Å². The second-order valence-electron chi connectivity index (χ2n) is 5.45. The Labute approximate surface area is 159 Å². The third-order valence-corrected chi connectivity index (χ3v) is 4.33. The van der Waals surface area contributed by atoms with Crippen LogP contribution in [0.3, 0.4) is 0 Å². The molecule has 0 aliphatic carbocycles. The standard InChI is InChI=1S/C20H17BrO5/c1-23-18-8-12(9-19(24-2)20(18)25-3)4-6-15(22)17-11-13-10-14(21)5-7-16(13)26-17/h4-11H,1-3H3/b6-4+. The Morgan fingerprint density at radius 2 is 1.69 bits per heavy atom. The van der Waals surface area contributed by atoms with Gasteiger partial charge in [0.25, 0.3) is 0 Å². The SMILES string of the molecule is COc1cc(/C=C/C(=O)c2cc3cc(Br)ccc3o2)cc(OC)c1OC. The van der Waals surface area contributed by atoms with E-state index in [4.69, 9.17) is 18.6 Å². The number of ether oxygens (including phenoxy) is 3. The lowest BCUT2D eigenvalue weighted by atomic mass is 10.1. The molecule has 0 bridgehead atoms. The Morgan fingerprint density at radius 1 is 1.00 bits per heavy atom. The summed E-state index contributed by atoms with van der Waals surface area (Å²) in [6.07, 6.45) is 3.13. The van der Waals surface area contributed by atoms with Gasteiger partial charge >= 0.3 is 0 Å². The number of hydrogen-bond acceptors (Lipinski definition) is 5. The maximum absolute atomic E-state index is 12.4. The summed E-state index contributed by atoms with van der Waals surface area (Å²) in [5.41, 5.74) is 1.41. The molecule has 26 heavy (non-hydrogen) atoms. The molecule has 5 nitrogen and oxygen atoms in total. The van der Waals surface area contributed by atoms with Gasteiger partial charge in [0.05, 0.1) is 21.3 Å². The molecule has 0 atom stereocenters. The summed E-state index contributed by atoms with van der Waals surface area (Å²) >= 11 is 3.40. The summed E-state index contributed by atoms with van der Waals surface area (Å²) in [6.45, 7) is 0. The molecule has 0 amide bonds. The first-order chi connectivity index (χ1) is 12.5. The van der Waals surface area contributed by atoms with Gasteiger partial charge in [0.1, 0.15) is 5.58 Å². The predicted octanol–water partition coefficient (Wildman–Crippen LogP) is 5.12. The van der Waals surface area contributed by atoms with E-state index in [2.05, 4.69) is 15.9 Å². The number of benzene rings is 2. The van der Waals surface area contributed by atoms with E-state index in [1.807, 2.05) is 18.2 Å². The number of methoxy groups -OCH3 is 3. The summed E-state index contributed by atoms with van der Waals surface area (Å²) in [7, 11) is 4.63. The summed E-state index contributed by atoms with van der Waals surface area (Å²) in [4.78, 5) is 12.4. The minimum absolute atomic E-state index is 0.230. The third kappa shape index (κ3) is 3.60. The van der Waals surface area contributed by atoms with E-state index in [0.29, 0.717) is 22.8 Å². The van der Waals surface area contributed by atoms with E-state index >= 15 is 0 Å². The highest BCUT2D eigenvalue weighted by Crippen LogP contribution is 2.38. The molecule has 0 saturated heterocycles. The Balaban J connectivity index is 1.89. The van der Waals surface area contributed by atoms with Crippen LogP contribution in [0, 0.1) is 0 Å². The van der Waals surface area contributed by atoms with Gasteiger partial charge in [-0.1, -0.05) is 22.0 Å². The van der Waals surface area contributed by atoms with Crippen LogP contribution in [-0.4, -0.2) is 27.1 Å². The van der Waals surface area contributed by atoms with E-state index in [9.17, 15) is 4.79 Å². The fraction of sp³-hybridized carbons (Fsp3) is 0.150. The maximum Gasteiger partial charge on any atom is 0.221 e. The molecule has 3 rings (SSSR count). The number of halogens is 1. The Hall–Kier alpha value is -2.73. The molecule has 0 saturated carbocycles. The lowest BCUT2D eigenvalue weighted by molar-refractivity contribution is 0.102. The molecule has 0 radical (unpaired) electrons. The molecule has 2 aromatic carbocycles. The van der Waals surface area contributed by atoms with Crippen molar-refractivity contribution >= 4 is 38.8 Å². The Kier molecular flexibility index (Phi) is 5.32. The smallest absolute Gasteiger partial charge is 0.221 e. The van der Waals surface area contributed by atoms with Crippen molar-refractivity contribution in [3.63, 3.8) is 0 Å². The number of carbonyl (C=O) groups excluding carboxylic acids is 1. The Bertz CT molecular complexity index is 962. The van der Waals surface area contributed by atoms with Crippen LogP contribution in [-0.2, 0) is 0 Å². The highest BCUT2D eigenvalue weighted by Gasteiger charge is 2.13. The van der Waals surface area contributed by atoms with E-state index < -0.39 is 0 Å². The molecule has 3 aromatic rings. The van der Waals surface area contributed by atoms with Gasteiger partial charge in [-0.05, 0) is 48.0 Å². The topological polar surface area (TPSA) is 57.9 Å². The fourth-order valence-corrected chi connectivity index (χ4v) is 2.97. The Morgan fingerprint density at radius 3 is 2.31 bits per heavy atom. The van der Waals surface area contributed by atoms with Crippen molar-refractivity contribution in [2.75, 3.05) is 21.3 Å². The average molecular weight is 417 g/mol. The van der Waals surface area contributed by atoms with E-state index in [-0.39, 0.29) is 11.5 Å². The predicted molar refractivity (Wildman–Crippen MR) is 103 cm³/mol. The maximum atomic E-state index is 12.4. The van der Waals surface area contributed by atoms with Crippen molar-refractivity contribution in [1.82, 2.24) is 0 Å². The molecular weight excluding hydrogens is 400 g/mol. The first kappa shape index (κ1) is 18.1.